The first-order valence-corrected chi connectivity index (χ1v) is 12.7. The van der Waals surface area contributed by atoms with Crippen LogP contribution in [0.2, 0.25) is 0 Å². The Bertz CT molecular complexity index is 1390. The van der Waals surface area contributed by atoms with Gasteiger partial charge in [0.15, 0.2) is 5.69 Å². The van der Waals surface area contributed by atoms with Crippen molar-refractivity contribution in [1.82, 2.24) is 20.1 Å². The van der Waals surface area contributed by atoms with Gasteiger partial charge in [-0.3, -0.25) is 14.3 Å². The van der Waals surface area contributed by atoms with Crippen molar-refractivity contribution in [2.75, 3.05) is 5.32 Å². The number of benzene rings is 2. The molecule has 1 saturated carbocycles. The van der Waals surface area contributed by atoms with E-state index in [0.717, 1.165) is 46.6 Å². The molecule has 7 nitrogen and oxygen atoms in total. The zero-order chi connectivity index (χ0) is 24.4. The van der Waals surface area contributed by atoms with E-state index in [1.165, 1.54) is 0 Å². The molecule has 2 N–H and O–H groups in total. The summed E-state index contributed by atoms with van der Waals surface area (Å²) in [5, 5.41) is 11.2. The highest BCUT2D eigenvalue weighted by Crippen LogP contribution is 2.27. The Kier molecular flexibility index (Phi) is 6.63. The monoisotopic (exact) mass is 531 g/mol. The molecule has 2 heterocycles. The lowest BCUT2D eigenvalue weighted by Gasteiger charge is -2.13. The Balaban J connectivity index is 1.49. The van der Waals surface area contributed by atoms with Crippen molar-refractivity contribution in [1.29, 1.82) is 0 Å². The predicted molar refractivity (Wildman–Crippen MR) is 140 cm³/mol. The van der Waals surface area contributed by atoms with E-state index in [1.54, 1.807) is 16.9 Å². The third-order valence-corrected chi connectivity index (χ3v) is 6.87. The van der Waals surface area contributed by atoms with E-state index in [2.05, 4.69) is 31.7 Å². The Morgan fingerprint density at radius 1 is 1.06 bits per heavy atom. The van der Waals surface area contributed by atoms with Crippen LogP contribution >= 0.6 is 15.9 Å². The molecule has 178 valence electrons. The molecule has 0 saturated heterocycles. The number of hydrogen-bond acceptors (Lipinski definition) is 4. The molecule has 0 atom stereocenters. The molecule has 2 amide bonds. The summed E-state index contributed by atoms with van der Waals surface area (Å²) < 4.78 is 2.63. The largest absolute Gasteiger partial charge is 0.348 e. The van der Waals surface area contributed by atoms with Crippen LogP contribution in [0.25, 0.3) is 22.2 Å². The van der Waals surface area contributed by atoms with Crippen LogP contribution in [0.5, 0.6) is 0 Å². The number of carbonyl (C=O) groups is 2. The zero-order valence-corrected chi connectivity index (χ0v) is 21.0. The summed E-state index contributed by atoms with van der Waals surface area (Å²) in [7, 11) is 0. The van der Waals surface area contributed by atoms with Gasteiger partial charge < -0.3 is 10.6 Å². The third kappa shape index (κ3) is 4.98. The average Bonchev–Trinajstić information content (AvgIpc) is 3.53. The van der Waals surface area contributed by atoms with Crippen molar-refractivity contribution in [2.24, 2.45) is 0 Å². The second kappa shape index (κ2) is 10.00. The number of rotatable bonds is 6. The maximum absolute atomic E-state index is 13.6. The van der Waals surface area contributed by atoms with Gasteiger partial charge in [0.2, 0.25) is 0 Å². The van der Waals surface area contributed by atoms with Gasteiger partial charge in [0, 0.05) is 34.2 Å². The highest BCUT2D eigenvalue weighted by atomic mass is 79.9. The minimum absolute atomic E-state index is 0.162. The first kappa shape index (κ1) is 23.2. The van der Waals surface area contributed by atoms with Crippen molar-refractivity contribution in [3.05, 3.63) is 76.5 Å². The van der Waals surface area contributed by atoms with Crippen LogP contribution in [0.4, 0.5) is 5.69 Å². The Morgan fingerprint density at radius 3 is 2.54 bits per heavy atom. The van der Waals surface area contributed by atoms with E-state index in [0.29, 0.717) is 23.5 Å². The number of amides is 2. The summed E-state index contributed by atoms with van der Waals surface area (Å²) >= 11 is 3.46. The van der Waals surface area contributed by atoms with Crippen LogP contribution in [-0.4, -0.2) is 32.6 Å². The SMILES string of the molecule is CCn1cc(NC(=O)c2cc(-c3ccc(Br)cc3)nc3ccccc23)c(C(=O)NC2CCCC2)n1. The first-order valence-electron chi connectivity index (χ1n) is 11.9. The molecular weight excluding hydrogens is 506 g/mol. The van der Waals surface area contributed by atoms with Crippen molar-refractivity contribution < 1.29 is 9.59 Å². The lowest BCUT2D eigenvalue weighted by Crippen LogP contribution is -2.33. The van der Waals surface area contributed by atoms with E-state index in [1.807, 2.05) is 55.5 Å². The number of hydrogen-bond donors (Lipinski definition) is 2. The summed E-state index contributed by atoms with van der Waals surface area (Å²) in [5.74, 6) is -0.568. The minimum atomic E-state index is -0.312. The zero-order valence-electron chi connectivity index (χ0n) is 19.4. The Labute approximate surface area is 212 Å². The highest BCUT2D eigenvalue weighted by molar-refractivity contribution is 9.10. The lowest BCUT2D eigenvalue weighted by molar-refractivity contribution is 0.0933. The number of fused-ring (bicyclic) bond motifs is 1. The van der Waals surface area contributed by atoms with Gasteiger partial charge in [0.25, 0.3) is 11.8 Å². The van der Waals surface area contributed by atoms with Gasteiger partial charge in [-0.15, -0.1) is 0 Å². The quantitative estimate of drug-likeness (QED) is 0.328. The molecule has 8 heteroatoms. The van der Waals surface area contributed by atoms with Gasteiger partial charge in [-0.05, 0) is 44.0 Å². The van der Waals surface area contributed by atoms with Crippen LogP contribution < -0.4 is 10.6 Å². The highest BCUT2D eigenvalue weighted by Gasteiger charge is 2.24. The van der Waals surface area contributed by atoms with Crippen LogP contribution in [0.3, 0.4) is 0 Å². The fraction of sp³-hybridized carbons (Fsp3) is 0.259. The minimum Gasteiger partial charge on any atom is -0.348 e. The van der Waals surface area contributed by atoms with Crippen LogP contribution in [-0.2, 0) is 6.54 Å². The molecule has 1 fully saturated rings. The standard InChI is InChI=1S/C27H26BrN5O2/c1-2-33-16-24(25(32-33)27(35)29-19-7-3-4-8-19)31-26(34)21-15-23(17-11-13-18(28)14-12-17)30-22-10-6-5-9-20(21)22/h5-6,9-16,19H,2-4,7-8H2,1H3,(H,29,35)(H,31,34). The number of aromatic nitrogens is 3. The number of carbonyl (C=O) groups excluding carboxylic acids is 2. The van der Waals surface area contributed by atoms with Crippen LogP contribution in [0.1, 0.15) is 53.5 Å². The fourth-order valence-corrected chi connectivity index (χ4v) is 4.75. The van der Waals surface area contributed by atoms with Gasteiger partial charge >= 0.3 is 0 Å². The smallest absolute Gasteiger partial charge is 0.274 e. The van der Waals surface area contributed by atoms with Crippen LogP contribution in [0, 0.1) is 0 Å². The summed E-state index contributed by atoms with van der Waals surface area (Å²) in [6.07, 6.45) is 5.90. The van der Waals surface area contributed by atoms with Gasteiger partial charge in [-0.1, -0.05) is 59.1 Å². The normalized spacial score (nSPS) is 13.8. The van der Waals surface area contributed by atoms with Crippen molar-refractivity contribution in [2.45, 2.75) is 45.2 Å². The summed E-state index contributed by atoms with van der Waals surface area (Å²) in [6, 6.07) is 17.3. The van der Waals surface area contributed by atoms with E-state index in [-0.39, 0.29) is 23.6 Å². The number of pyridine rings is 1. The number of anilines is 1. The number of aryl methyl sites for hydroxylation is 1. The molecule has 35 heavy (non-hydrogen) atoms. The van der Waals surface area contributed by atoms with Gasteiger partial charge in [-0.2, -0.15) is 5.10 Å². The van der Waals surface area contributed by atoms with E-state index >= 15 is 0 Å². The summed E-state index contributed by atoms with van der Waals surface area (Å²) in [5.41, 5.74) is 3.45. The van der Waals surface area contributed by atoms with E-state index in [9.17, 15) is 9.59 Å². The molecular formula is C27H26BrN5O2. The van der Waals surface area contributed by atoms with Gasteiger partial charge in [0.05, 0.1) is 22.5 Å². The van der Waals surface area contributed by atoms with E-state index < -0.39 is 0 Å². The molecule has 2 aromatic carbocycles. The molecule has 1 aliphatic carbocycles. The molecule has 4 aromatic rings. The molecule has 5 rings (SSSR count). The van der Waals surface area contributed by atoms with Crippen molar-refractivity contribution >= 4 is 44.3 Å². The number of para-hydroxylation sites is 1. The molecule has 0 radical (unpaired) electrons. The molecule has 1 aliphatic rings. The molecule has 0 spiro atoms. The maximum Gasteiger partial charge on any atom is 0.274 e. The van der Waals surface area contributed by atoms with Gasteiger partial charge in [0.1, 0.15) is 0 Å². The topological polar surface area (TPSA) is 88.9 Å². The molecule has 0 unspecified atom stereocenters. The molecule has 0 aliphatic heterocycles. The van der Waals surface area contributed by atoms with E-state index in [4.69, 9.17) is 4.98 Å². The van der Waals surface area contributed by atoms with Crippen LogP contribution in [0.15, 0.2) is 65.3 Å². The maximum atomic E-state index is 13.6. The van der Waals surface area contributed by atoms with Gasteiger partial charge in [-0.25, -0.2) is 4.98 Å². The lowest BCUT2D eigenvalue weighted by atomic mass is 10.0. The fourth-order valence-electron chi connectivity index (χ4n) is 4.49. The second-order valence-corrected chi connectivity index (χ2v) is 9.65. The number of halogens is 1. The number of nitrogens with zero attached hydrogens (tertiary/aromatic N) is 3. The molecule has 0 bridgehead atoms. The predicted octanol–water partition coefficient (Wildman–Crippen LogP) is 5.81. The Morgan fingerprint density at radius 2 is 1.80 bits per heavy atom. The average molecular weight is 532 g/mol. The molecule has 2 aromatic heterocycles. The van der Waals surface area contributed by atoms with Crippen molar-refractivity contribution in [3.63, 3.8) is 0 Å². The van der Waals surface area contributed by atoms with Crippen molar-refractivity contribution in [3.8, 4) is 11.3 Å². The number of nitrogens with one attached hydrogen (secondary N) is 2. The summed E-state index contributed by atoms with van der Waals surface area (Å²) in [6.45, 7) is 2.53. The Hall–Kier alpha value is -3.52. The first-order chi connectivity index (χ1) is 17.0. The second-order valence-electron chi connectivity index (χ2n) is 8.74. The summed E-state index contributed by atoms with van der Waals surface area (Å²) in [4.78, 5) is 31.3. The third-order valence-electron chi connectivity index (χ3n) is 6.34.